The summed E-state index contributed by atoms with van der Waals surface area (Å²) in [6.07, 6.45) is 5.53. The Hall–Kier alpha value is -1.67. The molecule has 1 aliphatic carbocycles. The van der Waals surface area contributed by atoms with Gasteiger partial charge < -0.3 is 5.32 Å². The van der Waals surface area contributed by atoms with E-state index >= 15 is 0 Å². The summed E-state index contributed by atoms with van der Waals surface area (Å²) in [5.74, 6) is 0.599. The van der Waals surface area contributed by atoms with Crippen LogP contribution in [0.5, 0.6) is 0 Å². The third kappa shape index (κ3) is 3.33. The average molecular weight is 280 g/mol. The zero-order valence-electron chi connectivity index (χ0n) is 13.0. The fourth-order valence-electron chi connectivity index (χ4n) is 3.07. The minimum Gasteiger partial charge on any atom is -0.305 e. The monoisotopic (exact) mass is 280 g/mol. The summed E-state index contributed by atoms with van der Waals surface area (Å²) in [6, 6.07) is 13.6. The van der Waals surface area contributed by atoms with E-state index in [4.69, 9.17) is 0 Å². The summed E-state index contributed by atoms with van der Waals surface area (Å²) in [7, 11) is 0. The van der Waals surface area contributed by atoms with Crippen molar-refractivity contribution in [3.8, 4) is 0 Å². The lowest BCUT2D eigenvalue weighted by atomic mass is 9.92. The molecule has 1 heterocycles. The minimum atomic E-state index is 0.403. The van der Waals surface area contributed by atoms with Crippen molar-refractivity contribution in [2.24, 2.45) is 0 Å². The third-order valence-corrected chi connectivity index (χ3v) is 4.39. The highest BCUT2D eigenvalue weighted by molar-refractivity contribution is 5.27. The van der Waals surface area contributed by atoms with Crippen LogP contribution in [0.4, 0.5) is 0 Å². The first-order chi connectivity index (χ1) is 10.2. The Bertz CT molecular complexity index is 587. The zero-order valence-corrected chi connectivity index (χ0v) is 13.0. The molecule has 0 aliphatic heterocycles. The molecule has 0 saturated carbocycles. The van der Waals surface area contributed by atoms with Crippen LogP contribution in [-0.4, -0.2) is 4.98 Å². The quantitative estimate of drug-likeness (QED) is 0.899. The van der Waals surface area contributed by atoms with E-state index in [9.17, 15) is 0 Å². The molecule has 0 fully saturated rings. The largest absolute Gasteiger partial charge is 0.305 e. The van der Waals surface area contributed by atoms with Gasteiger partial charge in [0.2, 0.25) is 0 Å². The Morgan fingerprint density at radius 1 is 1.19 bits per heavy atom. The van der Waals surface area contributed by atoms with Crippen molar-refractivity contribution < 1.29 is 0 Å². The Morgan fingerprint density at radius 2 is 2.00 bits per heavy atom. The van der Waals surface area contributed by atoms with Crippen LogP contribution < -0.4 is 5.32 Å². The Labute approximate surface area is 127 Å². The highest BCUT2D eigenvalue weighted by Crippen LogP contribution is 2.28. The first-order valence-electron chi connectivity index (χ1n) is 8.00. The van der Waals surface area contributed by atoms with E-state index in [-0.39, 0.29) is 0 Å². The van der Waals surface area contributed by atoms with Crippen molar-refractivity contribution in [3.63, 3.8) is 0 Å². The molecule has 1 atom stereocenters. The van der Waals surface area contributed by atoms with Crippen LogP contribution in [0, 0.1) is 0 Å². The molecule has 0 radical (unpaired) electrons. The second-order valence-electron chi connectivity index (χ2n) is 6.27. The van der Waals surface area contributed by atoms with Crippen molar-refractivity contribution in [1.82, 2.24) is 10.3 Å². The van der Waals surface area contributed by atoms with E-state index < -0.39 is 0 Å². The van der Waals surface area contributed by atoms with Gasteiger partial charge in [0.1, 0.15) is 0 Å². The van der Waals surface area contributed by atoms with Gasteiger partial charge in [-0.3, -0.25) is 4.98 Å². The van der Waals surface area contributed by atoms with E-state index in [1.165, 1.54) is 41.6 Å². The number of benzene rings is 1. The van der Waals surface area contributed by atoms with Crippen LogP contribution in [0.25, 0.3) is 0 Å². The summed E-state index contributed by atoms with van der Waals surface area (Å²) in [4.78, 5) is 4.59. The second-order valence-corrected chi connectivity index (χ2v) is 6.27. The molecule has 1 aromatic heterocycles. The maximum Gasteiger partial charge on any atom is 0.0605 e. The molecule has 2 heteroatoms. The van der Waals surface area contributed by atoms with Crippen LogP contribution in [0.3, 0.4) is 0 Å². The van der Waals surface area contributed by atoms with Gasteiger partial charge in [0, 0.05) is 12.7 Å². The van der Waals surface area contributed by atoms with E-state index in [2.05, 4.69) is 54.5 Å². The number of hydrogen-bond acceptors (Lipinski definition) is 2. The maximum absolute atomic E-state index is 4.59. The van der Waals surface area contributed by atoms with Gasteiger partial charge in [-0.05, 0) is 47.9 Å². The summed E-state index contributed by atoms with van der Waals surface area (Å²) in [6.45, 7) is 5.38. The molecule has 21 heavy (non-hydrogen) atoms. The third-order valence-electron chi connectivity index (χ3n) is 4.39. The van der Waals surface area contributed by atoms with E-state index in [0.717, 1.165) is 6.54 Å². The molecule has 1 unspecified atom stereocenters. The van der Waals surface area contributed by atoms with Gasteiger partial charge in [0.05, 0.1) is 11.7 Å². The van der Waals surface area contributed by atoms with Crippen LogP contribution in [0.1, 0.15) is 61.0 Å². The van der Waals surface area contributed by atoms with E-state index in [1.54, 1.807) is 0 Å². The Balaban J connectivity index is 1.66. The molecule has 0 amide bonds. The number of pyridine rings is 1. The van der Waals surface area contributed by atoms with E-state index in [1.807, 2.05) is 12.3 Å². The smallest absolute Gasteiger partial charge is 0.0605 e. The Morgan fingerprint density at radius 3 is 2.76 bits per heavy atom. The van der Waals surface area contributed by atoms with Crippen molar-refractivity contribution in [1.29, 1.82) is 0 Å². The molecule has 1 aromatic carbocycles. The number of nitrogens with one attached hydrogen (secondary N) is 1. The molecule has 2 nitrogen and oxygen atoms in total. The number of fused-ring (bicyclic) bond motifs is 1. The lowest BCUT2D eigenvalue weighted by Gasteiger charge is -2.25. The molecule has 1 N–H and O–H groups in total. The number of nitrogens with zero attached hydrogens (tertiary/aromatic N) is 1. The van der Waals surface area contributed by atoms with Crippen molar-refractivity contribution in [3.05, 3.63) is 65.0 Å². The average Bonchev–Trinajstić information content (AvgIpc) is 2.53. The molecule has 0 bridgehead atoms. The van der Waals surface area contributed by atoms with Gasteiger partial charge in [-0.2, -0.15) is 0 Å². The van der Waals surface area contributed by atoms with Gasteiger partial charge in [0.15, 0.2) is 0 Å². The van der Waals surface area contributed by atoms with Crippen molar-refractivity contribution in [2.45, 2.75) is 51.6 Å². The van der Waals surface area contributed by atoms with Crippen LogP contribution in [0.15, 0.2) is 42.6 Å². The molecule has 3 rings (SSSR count). The number of aromatic nitrogens is 1. The fourth-order valence-corrected chi connectivity index (χ4v) is 3.07. The van der Waals surface area contributed by atoms with Gasteiger partial charge >= 0.3 is 0 Å². The van der Waals surface area contributed by atoms with Crippen molar-refractivity contribution >= 4 is 0 Å². The number of hydrogen-bond donors (Lipinski definition) is 1. The molecular weight excluding hydrogens is 256 g/mol. The molecule has 0 saturated heterocycles. The topological polar surface area (TPSA) is 24.9 Å². The highest BCUT2D eigenvalue weighted by atomic mass is 14.9. The summed E-state index contributed by atoms with van der Waals surface area (Å²) < 4.78 is 0. The molecule has 2 aromatic rings. The highest BCUT2D eigenvalue weighted by Gasteiger charge is 2.20. The van der Waals surface area contributed by atoms with Crippen LogP contribution >= 0.6 is 0 Å². The maximum atomic E-state index is 4.59. The predicted molar refractivity (Wildman–Crippen MR) is 87.3 cm³/mol. The van der Waals surface area contributed by atoms with Crippen molar-refractivity contribution in [2.75, 3.05) is 0 Å². The SMILES string of the molecule is CC(C)c1ccc(CNC2CCCc3cccnc32)cc1. The normalized spacial score (nSPS) is 17.8. The summed E-state index contributed by atoms with van der Waals surface area (Å²) in [5.41, 5.74) is 5.42. The van der Waals surface area contributed by atoms with Gasteiger partial charge in [-0.15, -0.1) is 0 Å². The summed E-state index contributed by atoms with van der Waals surface area (Å²) >= 11 is 0. The van der Waals surface area contributed by atoms with Crippen LogP contribution in [0.2, 0.25) is 0 Å². The molecule has 1 aliphatic rings. The summed E-state index contributed by atoms with van der Waals surface area (Å²) in [5, 5.41) is 3.68. The van der Waals surface area contributed by atoms with Crippen LogP contribution in [-0.2, 0) is 13.0 Å². The molecule has 110 valence electrons. The number of rotatable bonds is 4. The zero-order chi connectivity index (χ0) is 14.7. The molecular formula is C19H24N2. The standard InChI is InChI=1S/C19H24N2/c1-14(2)16-10-8-15(9-11-16)13-21-18-7-3-5-17-6-4-12-20-19(17)18/h4,6,8-12,14,18,21H,3,5,7,13H2,1-2H3. The lowest BCUT2D eigenvalue weighted by molar-refractivity contribution is 0.447. The second kappa shape index (κ2) is 6.40. The van der Waals surface area contributed by atoms with E-state index in [0.29, 0.717) is 12.0 Å². The molecule has 0 spiro atoms. The Kier molecular flexibility index (Phi) is 4.35. The van der Waals surface area contributed by atoms with Gasteiger partial charge in [0.25, 0.3) is 0 Å². The van der Waals surface area contributed by atoms with Gasteiger partial charge in [-0.1, -0.05) is 44.2 Å². The fraction of sp³-hybridized carbons (Fsp3) is 0.421. The first-order valence-corrected chi connectivity index (χ1v) is 8.00. The minimum absolute atomic E-state index is 0.403. The van der Waals surface area contributed by atoms with Gasteiger partial charge in [-0.25, -0.2) is 0 Å². The first kappa shape index (κ1) is 14.3. The number of aryl methyl sites for hydroxylation is 1. The predicted octanol–water partition coefficient (Wildman–Crippen LogP) is 4.37. The lowest BCUT2D eigenvalue weighted by Crippen LogP contribution is -2.25.